The van der Waals surface area contributed by atoms with Gasteiger partial charge in [0.25, 0.3) is 5.91 Å². The molecule has 5 nitrogen and oxygen atoms in total. The van der Waals surface area contributed by atoms with Crippen molar-refractivity contribution >= 4 is 5.91 Å². The van der Waals surface area contributed by atoms with Crippen LogP contribution in [0.2, 0.25) is 0 Å². The molecule has 2 aromatic rings. The van der Waals surface area contributed by atoms with Crippen molar-refractivity contribution in [3.05, 3.63) is 59.2 Å². The zero-order valence-corrected chi connectivity index (χ0v) is 12.9. The predicted molar refractivity (Wildman–Crippen MR) is 80.1 cm³/mol. The molecule has 0 aliphatic rings. The van der Waals surface area contributed by atoms with Gasteiger partial charge in [-0.2, -0.15) is 13.2 Å². The van der Waals surface area contributed by atoms with Gasteiger partial charge < -0.3 is 10.1 Å². The maximum absolute atomic E-state index is 12.0. The largest absolute Gasteiger partial charge is 0.411 e. The lowest BCUT2D eigenvalue weighted by Gasteiger charge is -2.09. The van der Waals surface area contributed by atoms with Crippen molar-refractivity contribution in [2.45, 2.75) is 26.3 Å². The van der Waals surface area contributed by atoms with Crippen LogP contribution >= 0.6 is 0 Å². The van der Waals surface area contributed by atoms with Crippen LogP contribution in [-0.4, -0.2) is 28.7 Å². The molecule has 128 valence electrons. The minimum Gasteiger partial charge on any atom is -0.367 e. The van der Waals surface area contributed by atoms with Crippen LogP contribution in [0.5, 0.6) is 0 Å². The lowest BCUT2D eigenvalue weighted by molar-refractivity contribution is -0.176. The van der Waals surface area contributed by atoms with Gasteiger partial charge in [0.1, 0.15) is 12.3 Å². The Morgan fingerprint density at radius 1 is 1.17 bits per heavy atom. The highest BCUT2D eigenvalue weighted by molar-refractivity contribution is 5.91. The Labute approximate surface area is 136 Å². The minimum atomic E-state index is -4.33. The Morgan fingerprint density at radius 2 is 1.83 bits per heavy atom. The number of carbonyl (C=O) groups is 1. The number of amides is 1. The van der Waals surface area contributed by atoms with Gasteiger partial charge in [-0.3, -0.25) is 9.78 Å². The van der Waals surface area contributed by atoms with Crippen LogP contribution in [0.3, 0.4) is 0 Å². The summed E-state index contributed by atoms with van der Waals surface area (Å²) in [4.78, 5) is 19.9. The molecule has 0 saturated carbocycles. The summed E-state index contributed by atoms with van der Waals surface area (Å²) in [6.07, 6.45) is -1.40. The van der Waals surface area contributed by atoms with E-state index in [2.05, 4.69) is 20.0 Å². The number of halogens is 3. The number of hydrogen-bond acceptors (Lipinski definition) is 4. The van der Waals surface area contributed by atoms with Crippen LogP contribution in [0.15, 0.2) is 36.7 Å². The van der Waals surface area contributed by atoms with E-state index < -0.39 is 12.8 Å². The van der Waals surface area contributed by atoms with Crippen LogP contribution in [0.4, 0.5) is 13.2 Å². The molecule has 24 heavy (non-hydrogen) atoms. The number of aromatic nitrogens is 2. The Hall–Kier alpha value is -2.48. The monoisotopic (exact) mass is 339 g/mol. The second kappa shape index (κ2) is 7.87. The highest BCUT2D eigenvalue weighted by atomic mass is 19.4. The summed E-state index contributed by atoms with van der Waals surface area (Å²) in [7, 11) is 0. The zero-order valence-electron chi connectivity index (χ0n) is 12.9. The van der Waals surface area contributed by atoms with Crippen LogP contribution < -0.4 is 5.32 Å². The van der Waals surface area contributed by atoms with Gasteiger partial charge in [-0.05, 0) is 18.1 Å². The van der Waals surface area contributed by atoms with Gasteiger partial charge in [0.15, 0.2) is 0 Å². The molecule has 1 heterocycles. The normalized spacial score (nSPS) is 11.3. The number of rotatable bonds is 6. The molecule has 2 rings (SSSR count). The summed E-state index contributed by atoms with van der Waals surface area (Å²) in [6, 6.07) is 6.75. The molecule has 1 amide bonds. The van der Waals surface area contributed by atoms with E-state index in [1.165, 1.54) is 6.20 Å². The van der Waals surface area contributed by atoms with E-state index in [1.54, 1.807) is 37.4 Å². The summed E-state index contributed by atoms with van der Waals surface area (Å²) < 4.78 is 40.5. The molecule has 0 radical (unpaired) electrons. The van der Waals surface area contributed by atoms with E-state index in [-0.39, 0.29) is 24.8 Å². The number of hydrogen-bond donors (Lipinski definition) is 1. The maximum atomic E-state index is 12.0. The molecule has 0 saturated heterocycles. The summed E-state index contributed by atoms with van der Waals surface area (Å²) in [5.41, 5.74) is 2.31. The standard InChI is InChI=1S/C16H16F3N3O2/c1-11-6-20-8-14(22-11)15(23)21-7-12-2-4-13(5-3-12)9-24-10-16(17,18)19/h2-6,8H,7,9-10H2,1H3,(H,21,23). The first-order chi connectivity index (χ1) is 11.3. The quantitative estimate of drug-likeness (QED) is 0.879. The SMILES string of the molecule is Cc1cncc(C(=O)NCc2ccc(COCC(F)(F)F)cc2)n1. The smallest absolute Gasteiger partial charge is 0.367 e. The van der Waals surface area contributed by atoms with Gasteiger partial charge in [0, 0.05) is 12.7 Å². The number of nitrogens with one attached hydrogen (secondary N) is 1. The molecule has 0 unspecified atom stereocenters. The van der Waals surface area contributed by atoms with Crippen molar-refractivity contribution in [1.29, 1.82) is 0 Å². The Morgan fingerprint density at radius 3 is 2.46 bits per heavy atom. The van der Waals surface area contributed by atoms with Gasteiger partial charge in [-0.15, -0.1) is 0 Å². The zero-order chi connectivity index (χ0) is 17.6. The number of benzene rings is 1. The number of nitrogens with zero attached hydrogens (tertiary/aromatic N) is 2. The predicted octanol–water partition coefficient (Wildman–Crippen LogP) is 2.79. The Bertz CT molecular complexity index is 688. The first-order valence-corrected chi connectivity index (χ1v) is 7.12. The third kappa shape index (κ3) is 5.96. The van der Waals surface area contributed by atoms with Gasteiger partial charge in [0.2, 0.25) is 0 Å². The maximum Gasteiger partial charge on any atom is 0.411 e. The van der Waals surface area contributed by atoms with Gasteiger partial charge in [0.05, 0.1) is 18.5 Å². The third-order valence-corrected chi connectivity index (χ3v) is 3.00. The lowest BCUT2D eigenvalue weighted by atomic mass is 10.1. The van der Waals surface area contributed by atoms with Gasteiger partial charge in [-0.1, -0.05) is 24.3 Å². The van der Waals surface area contributed by atoms with E-state index in [0.717, 1.165) is 5.56 Å². The van der Waals surface area contributed by atoms with Crippen molar-refractivity contribution in [2.24, 2.45) is 0 Å². The first-order valence-electron chi connectivity index (χ1n) is 7.12. The highest BCUT2D eigenvalue weighted by Gasteiger charge is 2.27. The van der Waals surface area contributed by atoms with Crippen molar-refractivity contribution in [3.8, 4) is 0 Å². The van der Waals surface area contributed by atoms with Crippen molar-refractivity contribution in [3.63, 3.8) is 0 Å². The van der Waals surface area contributed by atoms with Gasteiger partial charge >= 0.3 is 6.18 Å². The molecular formula is C16H16F3N3O2. The highest BCUT2D eigenvalue weighted by Crippen LogP contribution is 2.15. The Kier molecular flexibility index (Phi) is 5.86. The number of ether oxygens (including phenoxy) is 1. The fourth-order valence-electron chi connectivity index (χ4n) is 1.88. The van der Waals surface area contributed by atoms with Gasteiger partial charge in [-0.25, -0.2) is 4.98 Å². The number of carbonyl (C=O) groups excluding carboxylic acids is 1. The molecular weight excluding hydrogens is 323 g/mol. The second-order valence-corrected chi connectivity index (χ2v) is 5.15. The minimum absolute atomic E-state index is 0.120. The fourth-order valence-corrected chi connectivity index (χ4v) is 1.88. The Balaban J connectivity index is 1.82. The molecule has 0 bridgehead atoms. The van der Waals surface area contributed by atoms with E-state index in [1.807, 2.05) is 0 Å². The summed E-state index contributed by atoms with van der Waals surface area (Å²) in [6.45, 7) is 0.620. The molecule has 8 heteroatoms. The van der Waals surface area contributed by atoms with Crippen LogP contribution in [0.25, 0.3) is 0 Å². The van der Waals surface area contributed by atoms with Crippen LogP contribution in [0, 0.1) is 6.92 Å². The molecule has 1 aromatic carbocycles. The first kappa shape index (κ1) is 17.9. The van der Waals surface area contributed by atoms with Crippen LogP contribution in [-0.2, 0) is 17.9 Å². The molecule has 0 aliphatic heterocycles. The van der Waals surface area contributed by atoms with E-state index in [4.69, 9.17) is 0 Å². The topological polar surface area (TPSA) is 64.1 Å². The van der Waals surface area contributed by atoms with Crippen LogP contribution in [0.1, 0.15) is 27.3 Å². The molecule has 0 aliphatic carbocycles. The third-order valence-electron chi connectivity index (χ3n) is 3.00. The summed E-state index contributed by atoms with van der Waals surface area (Å²) in [5.74, 6) is -0.344. The van der Waals surface area contributed by atoms with E-state index >= 15 is 0 Å². The average molecular weight is 339 g/mol. The summed E-state index contributed by atoms with van der Waals surface area (Å²) in [5, 5.41) is 2.70. The van der Waals surface area contributed by atoms with Crippen molar-refractivity contribution in [1.82, 2.24) is 15.3 Å². The molecule has 0 fully saturated rings. The molecule has 1 aromatic heterocycles. The molecule has 0 spiro atoms. The number of alkyl halides is 3. The summed E-state index contributed by atoms with van der Waals surface area (Å²) >= 11 is 0. The second-order valence-electron chi connectivity index (χ2n) is 5.15. The fraction of sp³-hybridized carbons (Fsp3) is 0.312. The molecule has 0 atom stereocenters. The van der Waals surface area contributed by atoms with Crippen molar-refractivity contribution in [2.75, 3.05) is 6.61 Å². The van der Waals surface area contributed by atoms with E-state index in [9.17, 15) is 18.0 Å². The van der Waals surface area contributed by atoms with Crippen molar-refractivity contribution < 1.29 is 22.7 Å². The average Bonchev–Trinajstić information content (AvgIpc) is 2.52. The molecule has 1 N–H and O–H groups in total. The number of aryl methyl sites for hydroxylation is 1. The van der Waals surface area contributed by atoms with E-state index in [0.29, 0.717) is 11.3 Å². The lowest BCUT2D eigenvalue weighted by Crippen LogP contribution is -2.24.